The van der Waals surface area contributed by atoms with Crippen LogP contribution in [0.4, 0.5) is 5.69 Å². The summed E-state index contributed by atoms with van der Waals surface area (Å²) in [6.45, 7) is 1.06. The number of hydrogen-bond acceptors (Lipinski definition) is 5. The molecule has 0 saturated heterocycles. The largest absolute Gasteiger partial charge is 0.490 e. The summed E-state index contributed by atoms with van der Waals surface area (Å²) in [5.41, 5.74) is 1.09. The summed E-state index contributed by atoms with van der Waals surface area (Å²) in [4.78, 5) is 12.0. The van der Waals surface area contributed by atoms with Crippen LogP contribution in [0.25, 0.3) is 0 Å². The Balaban J connectivity index is 1.58. The predicted molar refractivity (Wildman–Crippen MR) is 87.3 cm³/mol. The van der Waals surface area contributed by atoms with Crippen molar-refractivity contribution in [3.05, 3.63) is 48.0 Å². The molecule has 6 heteroatoms. The molecule has 0 atom stereocenters. The molecule has 0 radical (unpaired) electrons. The van der Waals surface area contributed by atoms with Gasteiger partial charge in [-0.1, -0.05) is 6.07 Å². The SMILES string of the molecule is N#Cc1cccc(OCC(=O)Nc2ccc3c(c2)OCCCO3)c1. The number of amides is 1. The topological polar surface area (TPSA) is 80.6 Å². The van der Waals surface area contributed by atoms with E-state index in [2.05, 4.69) is 5.32 Å². The highest BCUT2D eigenvalue weighted by Crippen LogP contribution is 2.32. The monoisotopic (exact) mass is 324 g/mol. The molecule has 6 nitrogen and oxygen atoms in total. The minimum absolute atomic E-state index is 0.149. The molecule has 2 aromatic carbocycles. The standard InChI is InChI=1S/C18H16N2O4/c19-11-13-3-1-4-15(9-13)24-12-18(21)20-14-5-6-16-17(10-14)23-8-2-7-22-16/h1,3-6,9-10H,2,7-8,12H2,(H,20,21). The second-order valence-corrected chi connectivity index (χ2v) is 5.19. The first-order valence-corrected chi connectivity index (χ1v) is 7.57. The third-order valence-corrected chi connectivity index (χ3v) is 3.36. The van der Waals surface area contributed by atoms with Gasteiger partial charge in [0.25, 0.3) is 5.91 Å². The fourth-order valence-electron chi connectivity index (χ4n) is 2.24. The van der Waals surface area contributed by atoms with Gasteiger partial charge in [-0.3, -0.25) is 4.79 Å². The lowest BCUT2D eigenvalue weighted by Gasteiger charge is -2.11. The van der Waals surface area contributed by atoms with E-state index in [-0.39, 0.29) is 12.5 Å². The average molecular weight is 324 g/mol. The van der Waals surface area contributed by atoms with E-state index >= 15 is 0 Å². The van der Waals surface area contributed by atoms with Crippen molar-refractivity contribution in [3.63, 3.8) is 0 Å². The molecule has 1 heterocycles. The lowest BCUT2D eigenvalue weighted by Crippen LogP contribution is -2.20. The summed E-state index contributed by atoms with van der Waals surface area (Å²) >= 11 is 0. The second-order valence-electron chi connectivity index (χ2n) is 5.19. The van der Waals surface area contributed by atoms with Gasteiger partial charge in [0.15, 0.2) is 18.1 Å². The van der Waals surface area contributed by atoms with E-state index in [4.69, 9.17) is 19.5 Å². The van der Waals surface area contributed by atoms with E-state index in [9.17, 15) is 4.79 Å². The van der Waals surface area contributed by atoms with Gasteiger partial charge < -0.3 is 19.5 Å². The van der Waals surface area contributed by atoms with Crippen molar-refractivity contribution in [1.82, 2.24) is 0 Å². The first-order chi connectivity index (χ1) is 11.7. The lowest BCUT2D eigenvalue weighted by atomic mass is 10.2. The van der Waals surface area contributed by atoms with Crippen LogP contribution < -0.4 is 19.5 Å². The van der Waals surface area contributed by atoms with E-state index in [1.807, 2.05) is 6.07 Å². The number of hydrogen-bond donors (Lipinski definition) is 1. The molecule has 0 aromatic heterocycles. The van der Waals surface area contributed by atoms with Crippen LogP contribution in [0.5, 0.6) is 17.2 Å². The highest BCUT2D eigenvalue weighted by atomic mass is 16.5. The van der Waals surface area contributed by atoms with Crippen LogP contribution in [-0.2, 0) is 4.79 Å². The van der Waals surface area contributed by atoms with Crippen molar-refractivity contribution >= 4 is 11.6 Å². The maximum Gasteiger partial charge on any atom is 0.262 e. The van der Waals surface area contributed by atoms with Gasteiger partial charge in [0.05, 0.1) is 24.8 Å². The van der Waals surface area contributed by atoms with E-state index in [0.29, 0.717) is 41.7 Å². The Kier molecular flexibility index (Phi) is 4.82. The van der Waals surface area contributed by atoms with Gasteiger partial charge in [0.1, 0.15) is 5.75 Å². The lowest BCUT2D eigenvalue weighted by molar-refractivity contribution is -0.118. The zero-order valence-corrected chi connectivity index (χ0v) is 13.0. The maximum atomic E-state index is 12.0. The molecular formula is C18H16N2O4. The summed E-state index contributed by atoms with van der Waals surface area (Å²) in [7, 11) is 0. The van der Waals surface area contributed by atoms with Crippen LogP contribution in [0.3, 0.4) is 0 Å². The molecule has 0 bridgehead atoms. The zero-order chi connectivity index (χ0) is 16.8. The van der Waals surface area contributed by atoms with Crippen molar-refractivity contribution in [2.75, 3.05) is 25.1 Å². The van der Waals surface area contributed by atoms with Crippen LogP contribution in [0.15, 0.2) is 42.5 Å². The molecule has 0 spiro atoms. The first-order valence-electron chi connectivity index (χ1n) is 7.57. The fourth-order valence-corrected chi connectivity index (χ4v) is 2.24. The number of rotatable bonds is 4. The third-order valence-electron chi connectivity index (χ3n) is 3.36. The molecular weight excluding hydrogens is 308 g/mol. The maximum absolute atomic E-state index is 12.0. The van der Waals surface area contributed by atoms with Gasteiger partial charge in [0.2, 0.25) is 0 Å². The smallest absolute Gasteiger partial charge is 0.262 e. The van der Waals surface area contributed by atoms with Crippen LogP contribution in [0, 0.1) is 11.3 Å². The molecule has 122 valence electrons. The van der Waals surface area contributed by atoms with Gasteiger partial charge in [-0.25, -0.2) is 0 Å². The van der Waals surface area contributed by atoms with Crippen molar-refractivity contribution in [2.24, 2.45) is 0 Å². The predicted octanol–water partition coefficient (Wildman–Crippen LogP) is 2.74. The Bertz CT molecular complexity index is 783. The average Bonchev–Trinajstić information content (AvgIpc) is 2.85. The van der Waals surface area contributed by atoms with Gasteiger partial charge >= 0.3 is 0 Å². The first kappa shape index (κ1) is 15.7. The van der Waals surface area contributed by atoms with E-state index in [1.165, 1.54) is 0 Å². The zero-order valence-electron chi connectivity index (χ0n) is 13.0. The number of nitrogens with one attached hydrogen (secondary N) is 1. The Hall–Kier alpha value is -3.20. The number of nitriles is 1. The number of nitrogens with zero attached hydrogens (tertiary/aromatic N) is 1. The van der Waals surface area contributed by atoms with Gasteiger partial charge in [0, 0.05) is 18.2 Å². The molecule has 24 heavy (non-hydrogen) atoms. The summed E-state index contributed by atoms with van der Waals surface area (Å²) in [6.07, 6.45) is 0.825. The Morgan fingerprint density at radius 1 is 1.17 bits per heavy atom. The van der Waals surface area contributed by atoms with Gasteiger partial charge in [-0.15, -0.1) is 0 Å². The number of benzene rings is 2. The van der Waals surface area contributed by atoms with E-state index in [1.54, 1.807) is 42.5 Å². The van der Waals surface area contributed by atoms with Crippen LogP contribution in [0.2, 0.25) is 0 Å². The molecule has 0 unspecified atom stereocenters. The van der Waals surface area contributed by atoms with Crippen molar-refractivity contribution in [2.45, 2.75) is 6.42 Å². The molecule has 1 aliphatic rings. The Morgan fingerprint density at radius 2 is 2.00 bits per heavy atom. The second kappa shape index (κ2) is 7.38. The third kappa shape index (κ3) is 3.96. The van der Waals surface area contributed by atoms with E-state index < -0.39 is 0 Å². The molecule has 3 rings (SSSR count). The van der Waals surface area contributed by atoms with Gasteiger partial charge in [-0.05, 0) is 30.3 Å². The van der Waals surface area contributed by atoms with Crippen molar-refractivity contribution in [3.8, 4) is 23.3 Å². The highest BCUT2D eigenvalue weighted by molar-refractivity contribution is 5.92. The quantitative estimate of drug-likeness (QED) is 0.935. The van der Waals surface area contributed by atoms with Crippen LogP contribution in [0.1, 0.15) is 12.0 Å². The summed E-state index contributed by atoms with van der Waals surface area (Å²) in [5, 5.41) is 11.6. The molecule has 0 aliphatic carbocycles. The number of fused-ring (bicyclic) bond motifs is 1. The minimum Gasteiger partial charge on any atom is -0.490 e. The molecule has 0 saturated carbocycles. The minimum atomic E-state index is -0.299. The van der Waals surface area contributed by atoms with E-state index in [0.717, 1.165) is 6.42 Å². The van der Waals surface area contributed by atoms with Crippen LogP contribution in [-0.4, -0.2) is 25.7 Å². The Morgan fingerprint density at radius 3 is 2.83 bits per heavy atom. The van der Waals surface area contributed by atoms with Crippen molar-refractivity contribution in [1.29, 1.82) is 5.26 Å². The molecule has 1 amide bonds. The molecule has 2 aromatic rings. The summed E-state index contributed by atoms with van der Waals surface area (Å²) in [5.74, 6) is 1.47. The number of carbonyl (C=O) groups excluding carboxylic acids is 1. The fraction of sp³-hybridized carbons (Fsp3) is 0.222. The number of ether oxygens (including phenoxy) is 3. The molecule has 1 N–H and O–H groups in total. The number of anilines is 1. The van der Waals surface area contributed by atoms with Crippen molar-refractivity contribution < 1.29 is 19.0 Å². The molecule has 1 aliphatic heterocycles. The van der Waals surface area contributed by atoms with Gasteiger partial charge in [-0.2, -0.15) is 5.26 Å². The summed E-state index contributed by atoms with van der Waals surface area (Å²) in [6, 6.07) is 13.9. The number of carbonyl (C=O) groups is 1. The highest BCUT2D eigenvalue weighted by Gasteiger charge is 2.12. The normalized spacial score (nSPS) is 12.6. The molecule has 0 fully saturated rings. The van der Waals surface area contributed by atoms with Crippen LogP contribution >= 0.6 is 0 Å². The summed E-state index contributed by atoms with van der Waals surface area (Å²) < 4.78 is 16.5. The Labute approximate surface area is 139 Å².